The number of anilines is 2. The van der Waals surface area contributed by atoms with Gasteiger partial charge in [-0.3, -0.25) is 4.79 Å². The summed E-state index contributed by atoms with van der Waals surface area (Å²) in [5, 5.41) is 4.16. The number of thiazole rings is 1. The molecule has 2 aromatic rings. The van der Waals surface area contributed by atoms with Crippen molar-refractivity contribution in [1.29, 1.82) is 0 Å². The van der Waals surface area contributed by atoms with Crippen LogP contribution in [0.25, 0.3) is 0 Å². The van der Waals surface area contributed by atoms with E-state index in [9.17, 15) is 4.79 Å². The molecule has 3 fully saturated rings. The number of fused-ring (bicyclic) bond motifs is 2. The van der Waals surface area contributed by atoms with Crippen LogP contribution in [0.4, 0.5) is 10.9 Å². The number of aromatic nitrogens is 3. The lowest BCUT2D eigenvalue weighted by Gasteiger charge is -2.41. The van der Waals surface area contributed by atoms with Crippen LogP contribution in [0.15, 0.2) is 18.5 Å². The summed E-state index contributed by atoms with van der Waals surface area (Å²) in [7, 11) is 0. The van der Waals surface area contributed by atoms with Crippen LogP contribution in [-0.2, 0) is 11.2 Å². The summed E-state index contributed by atoms with van der Waals surface area (Å²) in [6.45, 7) is 2.05. The molecular weight excluding hydrogens is 394 g/mol. The third-order valence-corrected chi connectivity index (χ3v) is 7.90. The second kappa shape index (κ2) is 8.61. The molecule has 0 radical (unpaired) electrons. The number of carbonyl (C=O) groups is 1. The van der Waals surface area contributed by atoms with Gasteiger partial charge in [0.05, 0.1) is 0 Å². The van der Waals surface area contributed by atoms with Crippen molar-refractivity contribution in [3.05, 3.63) is 29.2 Å². The predicted octanol–water partition coefficient (Wildman–Crippen LogP) is 4.88. The van der Waals surface area contributed by atoms with Crippen molar-refractivity contribution in [2.45, 2.75) is 83.2 Å². The molecule has 1 aliphatic carbocycles. The Hall–Kier alpha value is -2.02. The number of piperidine rings is 1. The lowest BCUT2D eigenvalue weighted by Crippen LogP contribution is -2.49. The second-order valence-corrected chi connectivity index (χ2v) is 10.5. The van der Waals surface area contributed by atoms with Gasteiger partial charge in [0.1, 0.15) is 11.6 Å². The highest BCUT2D eigenvalue weighted by Crippen LogP contribution is 2.41. The highest BCUT2D eigenvalue weighted by atomic mass is 32.1. The normalized spacial score (nSPS) is 26.7. The molecule has 2 bridgehead atoms. The van der Waals surface area contributed by atoms with Crippen LogP contribution in [-0.4, -0.2) is 37.8 Å². The van der Waals surface area contributed by atoms with Crippen molar-refractivity contribution in [2.75, 3.05) is 5.32 Å². The van der Waals surface area contributed by atoms with Crippen LogP contribution in [0, 0.1) is 18.8 Å². The van der Waals surface area contributed by atoms with Crippen molar-refractivity contribution in [3.8, 4) is 0 Å². The molecule has 4 heterocycles. The molecule has 160 valence electrons. The van der Waals surface area contributed by atoms with Gasteiger partial charge >= 0.3 is 0 Å². The quantitative estimate of drug-likeness (QED) is 0.739. The molecule has 2 aliphatic heterocycles. The van der Waals surface area contributed by atoms with Gasteiger partial charge in [0, 0.05) is 41.7 Å². The van der Waals surface area contributed by atoms with E-state index in [0.717, 1.165) is 48.9 Å². The molecule has 30 heavy (non-hydrogen) atoms. The van der Waals surface area contributed by atoms with E-state index in [1.54, 1.807) is 11.3 Å². The maximum Gasteiger partial charge on any atom is 0.226 e. The SMILES string of the molecule is Cc1cnc(Nc2ccnc(CC3CC4CCC(C3)N4C(=O)C3CCCCC3)n2)s1. The molecule has 0 aromatic carbocycles. The van der Waals surface area contributed by atoms with E-state index < -0.39 is 0 Å². The van der Waals surface area contributed by atoms with E-state index in [2.05, 4.69) is 20.2 Å². The Kier molecular flexibility index (Phi) is 5.72. The van der Waals surface area contributed by atoms with E-state index in [4.69, 9.17) is 4.98 Å². The minimum atomic E-state index is 0.291. The number of hydrogen-bond donors (Lipinski definition) is 1. The third-order valence-electron chi connectivity index (χ3n) is 7.07. The van der Waals surface area contributed by atoms with Gasteiger partial charge in [-0.25, -0.2) is 15.0 Å². The molecule has 6 nitrogen and oxygen atoms in total. The Morgan fingerprint density at radius 1 is 1.13 bits per heavy atom. The minimum Gasteiger partial charge on any atom is -0.336 e. The monoisotopic (exact) mass is 425 g/mol. The first-order valence-corrected chi connectivity index (χ1v) is 12.3. The Bertz CT molecular complexity index is 879. The Morgan fingerprint density at radius 2 is 1.90 bits per heavy atom. The van der Waals surface area contributed by atoms with E-state index in [0.29, 0.717) is 29.8 Å². The first-order valence-electron chi connectivity index (χ1n) is 11.5. The lowest BCUT2D eigenvalue weighted by atomic mass is 9.84. The smallest absolute Gasteiger partial charge is 0.226 e. The van der Waals surface area contributed by atoms with Gasteiger partial charge in [-0.05, 0) is 57.4 Å². The van der Waals surface area contributed by atoms with E-state index in [1.165, 1.54) is 37.0 Å². The molecule has 1 amide bonds. The van der Waals surface area contributed by atoms with Gasteiger partial charge in [0.25, 0.3) is 0 Å². The molecule has 2 unspecified atom stereocenters. The minimum absolute atomic E-state index is 0.291. The van der Waals surface area contributed by atoms with Crippen LogP contribution in [0.1, 0.15) is 68.5 Å². The molecule has 2 atom stereocenters. The van der Waals surface area contributed by atoms with Crippen molar-refractivity contribution in [3.63, 3.8) is 0 Å². The van der Waals surface area contributed by atoms with Gasteiger partial charge < -0.3 is 10.2 Å². The van der Waals surface area contributed by atoms with Gasteiger partial charge in [-0.15, -0.1) is 11.3 Å². The molecule has 2 saturated heterocycles. The summed E-state index contributed by atoms with van der Waals surface area (Å²) < 4.78 is 0. The molecule has 7 heteroatoms. The summed E-state index contributed by atoms with van der Waals surface area (Å²) in [4.78, 5) is 30.3. The lowest BCUT2D eigenvalue weighted by molar-refractivity contribution is -0.141. The summed E-state index contributed by atoms with van der Waals surface area (Å²) >= 11 is 1.63. The molecule has 1 saturated carbocycles. The number of aryl methyl sites for hydroxylation is 1. The second-order valence-electron chi connectivity index (χ2n) is 9.27. The van der Waals surface area contributed by atoms with Crippen LogP contribution in [0.2, 0.25) is 0 Å². The molecular formula is C23H31N5OS. The number of rotatable bonds is 5. The Balaban J connectivity index is 1.21. The van der Waals surface area contributed by atoms with Crippen molar-refractivity contribution < 1.29 is 4.79 Å². The molecule has 5 rings (SSSR count). The van der Waals surface area contributed by atoms with Crippen molar-refractivity contribution >= 4 is 28.2 Å². The average Bonchev–Trinajstić information content (AvgIpc) is 3.28. The zero-order valence-corrected chi connectivity index (χ0v) is 18.5. The van der Waals surface area contributed by atoms with E-state index >= 15 is 0 Å². The van der Waals surface area contributed by atoms with Crippen LogP contribution in [0.5, 0.6) is 0 Å². The maximum atomic E-state index is 13.2. The molecule has 3 aliphatic rings. The highest BCUT2D eigenvalue weighted by molar-refractivity contribution is 7.15. The summed E-state index contributed by atoms with van der Waals surface area (Å²) in [6.07, 6.45) is 15.1. The number of nitrogens with one attached hydrogen (secondary N) is 1. The fraction of sp³-hybridized carbons (Fsp3) is 0.652. The van der Waals surface area contributed by atoms with E-state index in [1.807, 2.05) is 25.4 Å². The van der Waals surface area contributed by atoms with Gasteiger partial charge in [0.2, 0.25) is 5.91 Å². The zero-order valence-electron chi connectivity index (χ0n) is 17.7. The van der Waals surface area contributed by atoms with Gasteiger partial charge in [0.15, 0.2) is 5.13 Å². The molecule has 1 N–H and O–H groups in total. The van der Waals surface area contributed by atoms with Crippen molar-refractivity contribution in [2.24, 2.45) is 11.8 Å². The van der Waals surface area contributed by atoms with Gasteiger partial charge in [-0.2, -0.15) is 0 Å². The number of amides is 1. The standard InChI is InChI=1S/C23H31N5OS/c1-15-14-25-23(30-15)27-20-9-10-24-21(26-20)13-16-11-18-7-8-19(12-16)28(18)22(29)17-5-3-2-4-6-17/h9-10,14,16-19H,2-8,11-13H2,1H3,(H,24,25,26,27). The van der Waals surface area contributed by atoms with Crippen molar-refractivity contribution in [1.82, 2.24) is 19.9 Å². The largest absolute Gasteiger partial charge is 0.336 e. The molecule has 0 spiro atoms. The topological polar surface area (TPSA) is 71.0 Å². The number of nitrogens with zero attached hydrogens (tertiary/aromatic N) is 4. The highest BCUT2D eigenvalue weighted by Gasteiger charge is 2.44. The van der Waals surface area contributed by atoms with Crippen LogP contribution in [0.3, 0.4) is 0 Å². The Morgan fingerprint density at radius 3 is 2.60 bits per heavy atom. The van der Waals surface area contributed by atoms with Crippen LogP contribution >= 0.6 is 11.3 Å². The Labute approximate surface area is 182 Å². The predicted molar refractivity (Wildman–Crippen MR) is 119 cm³/mol. The zero-order chi connectivity index (χ0) is 20.5. The third kappa shape index (κ3) is 4.22. The first-order chi connectivity index (χ1) is 14.7. The van der Waals surface area contributed by atoms with Crippen LogP contribution < -0.4 is 5.32 Å². The fourth-order valence-electron chi connectivity index (χ4n) is 5.72. The first kappa shape index (κ1) is 19.9. The molecule has 2 aromatic heterocycles. The summed E-state index contributed by atoms with van der Waals surface area (Å²) in [5.74, 6) is 3.02. The fourth-order valence-corrected chi connectivity index (χ4v) is 6.40. The number of carbonyl (C=O) groups excluding carboxylic acids is 1. The van der Waals surface area contributed by atoms with Gasteiger partial charge in [-0.1, -0.05) is 19.3 Å². The van der Waals surface area contributed by atoms with E-state index in [-0.39, 0.29) is 0 Å². The summed E-state index contributed by atoms with van der Waals surface area (Å²) in [5.41, 5.74) is 0. The summed E-state index contributed by atoms with van der Waals surface area (Å²) in [6, 6.07) is 2.76. The average molecular weight is 426 g/mol. The maximum absolute atomic E-state index is 13.2. The number of hydrogen-bond acceptors (Lipinski definition) is 6.